The SMILES string of the molecule is CN=C(NCC1CN(C)CCN1C)NC(C)c1cc(OC)ccc1OC.I. The van der Waals surface area contributed by atoms with Crippen molar-refractivity contribution in [3.8, 4) is 11.5 Å². The Morgan fingerprint density at radius 3 is 2.63 bits per heavy atom. The van der Waals surface area contributed by atoms with Gasteiger partial charge in [-0.2, -0.15) is 0 Å². The summed E-state index contributed by atoms with van der Waals surface area (Å²) >= 11 is 0. The fraction of sp³-hybridized carbons (Fsp3) is 0.632. The van der Waals surface area contributed by atoms with Crippen LogP contribution in [-0.2, 0) is 0 Å². The van der Waals surface area contributed by atoms with Crippen molar-refractivity contribution in [2.24, 2.45) is 4.99 Å². The first-order valence-corrected chi connectivity index (χ1v) is 9.06. The molecule has 1 saturated heterocycles. The van der Waals surface area contributed by atoms with E-state index in [1.54, 1.807) is 21.3 Å². The van der Waals surface area contributed by atoms with Crippen molar-refractivity contribution in [3.63, 3.8) is 0 Å². The smallest absolute Gasteiger partial charge is 0.191 e. The van der Waals surface area contributed by atoms with Gasteiger partial charge in [0.2, 0.25) is 0 Å². The van der Waals surface area contributed by atoms with Crippen LogP contribution in [-0.4, -0.2) is 83.3 Å². The summed E-state index contributed by atoms with van der Waals surface area (Å²) in [7, 11) is 9.49. The Morgan fingerprint density at radius 1 is 1.26 bits per heavy atom. The lowest BCUT2D eigenvalue weighted by molar-refractivity contribution is 0.116. The molecule has 1 heterocycles. The predicted octanol–water partition coefficient (Wildman–Crippen LogP) is 1.79. The average molecular weight is 491 g/mol. The third-order valence-electron chi connectivity index (χ3n) is 4.97. The molecule has 1 fully saturated rings. The van der Waals surface area contributed by atoms with E-state index in [4.69, 9.17) is 9.47 Å². The molecular formula is C19H34IN5O2. The Kier molecular flexibility index (Phi) is 10.2. The monoisotopic (exact) mass is 491 g/mol. The molecule has 154 valence electrons. The quantitative estimate of drug-likeness (QED) is 0.360. The van der Waals surface area contributed by atoms with Gasteiger partial charge in [-0.3, -0.25) is 9.89 Å². The number of methoxy groups -OCH3 is 2. The molecule has 0 aliphatic carbocycles. The van der Waals surface area contributed by atoms with E-state index in [0.29, 0.717) is 6.04 Å². The maximum Gasteiger partial charge on any atom is 0.191 e. The summed E-state index contributed by atoms with van der Waals surface area (Å²) in [5.41, 5.74) is 1.03. The van der Waals surface area contributed by atoms with Gasteiger partial charge in [0.25, 0.3) is 0 Å². The lowest BCUT2D eigenvalue weighted by Crippen LogP contribution is -2.55. The van der Waals surface area contributed by atoms with Gasteiger partial charge in [-0.15, -0.1) is 24.0 Å². The van der Waals surface area contributed by atoms with Gasteiger partial charge in [0.1, 0.15) is 11.5 Å². The minimum atomic E-state index is 0. The summed E-state index contributed by atoms with van der Waals surface area (Å²) < 4.78 is 10.8. The molecule has 0 spiro atoms. The van der Waals surface area contributed by atoms with E-state index in [-0.39, 0.29) is 30.0 Å². The number of likely N-dealkylation sites (N-methyl/N-ethyl adjacent to an activating group) is 2. The van der Waals surface area contributed by atoms with Crippen molar-refractivity contribution in [1.29, 1.82) is 0 Å². The van der Waals surface area contributed by atoms with Crippen LogP contribution in [0.25, 0.3) is 0 Å². The molecule has 0 aromatic heterocycles. The van der Waals surface area contributed by atoms with Crippen LogP contribution in [0.3, 0.4) is 0 Å². The van der Waals surface area contributed by atoms with E-state index in [2.05, 4.69) is 46.4 Å². The fourth-order valence-corrected chi connectivity index (χ4v) is 3.19. The van der Waals surface area contributed by atoms with Crippen molar-refractivity contribution in [3.05, 3.63) is 23.8 Å². The van der Waals surface area contributed by atoms with Crippen molar-refractivity contribution < 1.29 is 9.47 Å². The second kappa shape index (κ2) is 11.6. The van der Waals surface area contributed by atoms with Crippen molar-refractivity contribution in [1.82, 2.24) is 20.4 Å². The largest absolute Gasteiger partial charge is 0.497 e. The van der Waals surface area contributed by atoms with Crippen molar-refractivity contribution >= 4 is 29.9 Å². The molecule has 0 saturated carbocycles. The highest BCUT2D eigenvalue weighted by atomic mass is 127. The highest BCUT2D eigenvalue weighted by Gasteiger charge is 2.22. The first-order chi connectivity index (χ1) is 12.5. The van der Waals surface area contributed by atoms with Crippen LogP contribution in [0, 0.1) is 0 Å². The van der Waals surface area contributed by atoms with Crippen LogP contribution in [0.1, 0.15) is 18.5 Å². The number of nitrogens with one attached hydrogen (secondary N) is 2. The van der Waals surface area contributed by atoms with Gasteiger partial charge in [-0.05, 0) is 39.2 Å². The van der Waals surface area contributed by atoms with E-state index in [1.807, 2.05) is 18.2 Å². The molecule has 7 nitrogen and oxygen atoms in total. The molecule has 0 amide bonds. The van der Waals surface area contributed by atoms with Crippen LogP contribution in [0.4, 0.5) is 0 Å². The molecule has 27 heavy (non-hydrogen) atoms. The number of rotatable bonds is 6. The summed E-state index contributed by atoms with van der Waals surface area (Å²) in [5, 5.41) is 6.90. The highest BCUT2D eigenvalue weighted by molar-refractivity contribution is 14.0. The Balaban J connectivity index is 0.00000364. The second-order valence-corrected chi connectivity index (χ2v) is 6.82. The van der Waals surface area contributed by atoms with E-state index >= 15 is 0 Å². The lowest BCUT2D eigenvalue weighted by Gasteiger charge is -2.38. The van der Waals surface area contributed by atoms with Gasteiger partial charge in [0.05, 0.1) is 20.3 Å². The molecule has 1 aromatic rings. The van der Waals surface area contributed by atoms with Crippen LogP contribution in [0.2, 0.25) is 0 Å². The summed E-state index contributed by atoms with van der Waals surface area (Å²) in [6.07, 6.45) is 0. The molecule has 8 heteroatoms. The molecule has 1 aliphatic rings. The number of halogens is 1. The zero-order chi connectivity index (χ0) is 19.1. The van der Waals surface area contributed by atoms with Crippen LogP contribution in [0.15, 0.2) is 23.2 Å². The highest BCUT2D eigenvalue weighted by Crippen LogP contribution is 2.29. The maximum atomic E-state index is 5.49. The summed E-state index contributed by atoms with van der Waals surface area (Å²) in [6.45, 7) is 6.20. The zero-order valence-corrected chi connectivity index (χ0v) is 19.6. The first kappa shape index (κ1) is 23.8. The number of aliphatic imine (C=N–C) groups is 1. The lowest BCUT2D eigenvalue weighted by atomic mass is 10.1. The molecular weight excluding hydrogens is 457 g/mol. The van der Waals surface area contributed by atoms with Gasteiger partial charge in [0.15, 0.2) is 5.96 Å². The number of hydrogen-bond acceptors (Lipinski definition) is 5. The normalized spacial score (nSPS) is 19.8. The molecule has 2 rings (SSSR count). The standard InChI is InChI=1S/C19H33N5O2.HI/c1-14(17-11-16(25-5)7-8-18(17)26-6)22-19(20-2)21-12-15-13-23(3)9-10-24(15)4;/h7-8,11,14-15H,9-10,12-13H2,1-6H3,(H2,20,21,22);1H. The number of guanidine groups is 1. The van der Waals surface area contributed by atoms with E-state index in [9.17, 15) is 0 Å². The molecule has 1 aromatic carbocycles. The third kappa shape index (κ3) is 6.69. The minimum absolute atomic E-state index is 0. The Hall–Kier alpha value is -1.26. The first-order valence-electron chi connectivity index (χ1n) is 9.06. The average Bonchev–Trinajstić information content (AvgIpc) is 2.66. The topological polar surface area (TPSA) is 61.4 Å². The number of nitrogens with zero attached hydrogens (tertiary/aromatic N) is 3. The zero-order valence-electron chi connectivity index (χ0n) is 17.3. The Labute approximate surface area is 180 Å². The van der Waals surface area contributed by atoms with Crippen molar-refractivity contribution in [2.45, 2.75) is 19.0 Å². The minimum Gasteiger partial charge on any atom is -0.497 e. The number of ether oxygens (including phenoxy) is 2. The van der Waals surface area contributed by atoms with E-state index < -0.39 is 0 Å². The number of hydrogen-bond donors (Lipinski definition) is 2. The van der Waals surface area contributed by atoms with Gasteiger partial charge < -0.3 is 25.0 Å². The Bertz CT molecular complexity index is 614. The van der Waals surface area contributed by atoms with Gasteiger partial charge in [0, 0.05) is 44.8 Å². The molecule has 2 atom stereocenters. The fourth-order valence-electron chi connectivity index (χ4n) is 3.19. The molecule has 0 radical (unpaired) electrons. The molecule has 1 aliphatic heterocycles. The maximum absolute atomic E-state index is 5.49. The number of benzene rings is 1. The van der Waals surface area contributed by atoms with Gasteiger partial charge in [-0.25, -0.2) is 0 Å². The molecule has 0 bridgehead atoms. The van der Waals surface area contributed by atoms with Gasteiger partial charge in [-0.1, -0.05) is 0 Å². The summed E-state index contributed by atoms with van der Waals surface area (Å²) in [5.74, 6) is 2.42. The second-order valence-electron chi connectivity index (χ2n) is 6.82. The van der Waals surface area contributed by atoms with Crippen LogP contribution < -0.4 is 20.1 Å². The summed E-state index contributed by atoms with van der Waals surface area (Å²) in [4.78, 5) is 9.14. The van der Waals surface area contributed by atoms with E-state index in [1.165, 1.54) is 0 Å². The number of piperazine rings is 1. The van der Waals surface area contributed by atoms with E-state index in [0.717, 1.165) is 49.2 Å². The van der Waals surface area contributed by atoms with Crippen LogP contribution in [0.5, 0.6) is 11.5 Å². The Morgan fingerprint density at radius 2 is 2.00 bits per heavy atom. The van der Waals surface area contributed by atoms with Crippen LogP contribution >= 0.6 is 24.0 Å². The predicted molar refractivity (Wildman–Crippen MR) is 122 cm³/mol. The van der Waals surface area contributed by atoms with Crippen molar-refractivity contribution in [2.75, 3.05) is 61.5 Å². The van der Waals surface area contributed by atoms with Gasteiger partial charge >= 0.3 is 0 Å². The third-order valence-corrected chi connectivity index (χ3v) is 4.97. The molecule has 2 unspecified atom stereocenters. The molecule has 2 N–H and O–H groups in total. The summed E-state index contributed by atoms with van der Waals surface area (Å²) in [6, 6.07) is 6.31.